The second kappa shape index (κ2) is 7.68. The highest BCUT2D eigenvalue weighted by Gasteiger charge is 2.45. The number of aromatic nitrogens is 1. The van der Waals surface area contributed by atoms with Gasteiger partial charge in [0.05, 0.1) is 12.1 Å². The van der Waals surface area contributed by atoms with Crippen molar-refractivity contribution in [3.8, 4) is 0 Å². The first-order valence-electron chi connectivity index (χ1n) is 10.6. The fourth-order valence-electron chi connectivity index (χ4n) is 4.90. The number of piperidine rings is 2. The van der Waals surface area contributed by atoms with E-state index in [0.29, 0.717) is 31.6 Å². The summed E-state index contributed by atoms with van der Waals surface area (Å²) in [4.78, 5) is 46.2. The minimum absolute atomic E-state index is 0.0866. The van der Waals surface area contributed by atoms with E-state index in [0.717, 1.165) is 30.2 Å². The van der Waals surface area contributed by atoms with Crippen LogP contribution in [0.15, 0.2) is 36.5 Å². The van der Waals surface area contributed by atoms with Crippen LogP contribution < -0.4 is 10.6 Å². The van der Waals surface area contributed by atoms with E-state index in [1.54, 1.807) is 11.1 Å². The van der Waals surface area contributed by atoms with Crippen LogP contribution in [-0.2, 0) is 4.79 Å². The number of likely N-dealkylation sites (tertiary alicyclic amines) is 1. The lowest BCUT2D eigenvalue weighted by Crippen LogP contribution is -2.68. The number of hydrogen-bond acceptors (Lipinski definition) is 5. The Hall–Kier alpha value is -3.00. The van der Waals surface area contributed by atoms with Gasteiger partial charge in [0.15, 0.2) is 0 Å². The van der Waals surface area contributed by atoms with Gasteiger partial charge in [-0.25, -0.2) is 4.79 Å². The molecule has 3 saturated heterocycles. The first-order valence-corrected chi connectivity index (χ1v) is 10.6. The fraction of sp³-hybridized carbons (Fsp3) is 0.455. The summed E-state index contributed by atoms with van der Waals surface area (Å²) in [5.74, 6) is -0.386. The lowest BCUT2D eigenvalue weighted by molar-refractivity contribution is -0.139. The van der Waals surface area contributed by atoms with Gasteiger partial charge in [-0.2, -0.15) is 0 Å². The van der Waals surface area contributed by atoms with E-state index in [4.69, 9.17) is 0 Å². The van der Waals surface area contributed by atoms with Gasteiger partial charge in [0.1, 0.15) is 5.69 Å². The molecule has 30 heavy (non-hydrogen) atoms. The monoisotopic (exact) mass is 407 g/mol. The van der Waals surface area contributed by atoms with Crippen LogP contribution in [0.25, 0.3) is 10.8 Å². The fourth-order valence-corrected chi connectivity index (χ4v) is 4.90. The maximum atomic E-state index is 13.1. The van der Waals surface area contributed by atoms with Crippen molar-refractivity contribution < 1.29 is 14.4 Å². The maximum absolute atomic E-state index is 13.1. The minimum Gasteiger partial charge on any atom is -0.337 e. The molecule has 2 unspecified atom stereocenters. The molecular formula is C22H25N5O3. The summed E-state index contributed by atoms with van der Waals surface area (Å²) in [6, 6.07) is 9.12. The number of fused-ring (bicyclic) bond motifs is 2. The van der Waals surface area contributed by atoms with Gasteiger partial charge in [-0.15, -0.1) is 0 Å². The van der Waals surface area contributed by atoms with E-state index in [1.165, 1.54) is 4.90 Å². The Morgan fingerprint density at radius 1 is 1.07 bits per heavy atom. The molecule has 156 valence electrons. The van der Waals surface area contributed by atoms with Crippen LogP contribution in [0.3, 0.4) is 0 Å². The van der Waals surface area contributed by atoms with Gasteiger partial charge in [-0.05, 0) is 43.7 Å². The Bertz CT molecular complexity index is 996. The van der Waals surface area contributed by atoms with Gasteiger partial charge in [-0.3, -0.25) is 24.8 Å². The molecule has 1 aromatic carbocycles. The number of carbonyl (C=O) groups excluding carboxylic acids is 3. The summed E-state index contributed by atoms with van der Waals surface area (Å²) in [6.07, 6.45) is 4.29. The van der Waals surface area contributed by atoms with Crippen molar-refractivity contribution >= 4 is 28.6 Å². The summed E-state index contributed by atoms with van der Waals surface area (Å²) in [5, 5.41) is 7.99. The van der Waals surface area contributed by atoms with Gasteiger partial charge in [0.25, 0.3) is 5.91 Å². The SMILES string of the molecule is O=C(c1nccc2ccccc12)N1CCC(N2C(=O)NC3NCCCC3C2=O)CC1. The van der Waals surface area contributed by atoms with Gasteiger partial charge in [-0.1, -0.05) is 24.3 Å². The molecule has 0 radical (unpaired) electrons. The third kappa shape index (κ3) is 3.21. The van der Waals surface area contributed by atoms with Gasteiger partial charge >= 0.3 is 6.03 Å². The molecule has 2 aromatic rings. The number of imide groups is 1. The quantitative estimate of drug-likeness (QED) is 0.791. The largest absolute Gasteiger partial charge is 0.337 e. The molecule has 1 aromatic heterocycles. The first-order chi connectivity index (χ1) is 14.6. The molecule has 3 aliphatic heterocycles. The average molecular weight is 407 g/mol. The average Bonchev–Trinajstić information content (AvgIpc) is 2.79. The lowest BCUT2D eigenvalue weighted by Gasteiger charge is -2.45. The highest BCUT2D eigenvalue weighted by molar-refractivity contribution is 6.05. The Kier molecular flexibility index (Phi) is 4.86. The molecule has 0 aliphatic carbocycles. The Labute approximate surface area is 174 Å². The number of rotatable bonds is 2. The number of nitrogens with zero attached hydrogens (tertiary/aromatic N) is 3. The third-order valence-corrected chi connectivity index (χ3v) is 6.50. The Morgan fingerprint density at radius 3 is 2.70 bits per heavy atom. The van der Waals surface area contributed by atoms with Crippen LogP contribution >= 0.6 is 0 Å². The molecule has 2 atom stereocenters. The third-order valence-electron chi connectivity index (χ3n) is 6.50. The standard InChI is InChI=1S/C22H25N5O3/c28-20-17-6-3-10-24-19(17)25-22(30)27(20)15-8-12-26(13-9-15)21(29)18-16-5-2-1-4-14(16)7-11-23-18/h1-2,4-5,7,11,15,17,19,24H,3,6,8-10,12-13H2,(H,25,30). The number of pyridine rings is 1. The van der Waals surface area contributed by atoms with Crippen LogP contribution in [0, 0.1) is 5.92 Å². The Morgan fingerprint density at radius 2 is 1.87 bits per heavy atom. The Balaban J connectivity index is 1.28. The summed E-state index contributed by atoms with van der Waals surface area (Å²) >= 11 is 0. The zero-order chi connectivity index (χ0) is 20.7. The predicted octanol–water partition coefficient (Wildman–Crippen LogP) is 1.72. The zero-order valence-electron chi connectivity index (χ0n) is 16.7. The van der Waals surface area contributed by atoms with Gasteiger partial charge < -0.3 is 10.2 Å². The number of benzene rings is 1. The molecule has 2 N–H and O–H groups in total. The molecule has 4 heterocycles. The molecule has 0 saturated carbocycles. The minimum atomic E-state index is -0.323. The molecular weight excluding hydrogens is 382 g/mol. The normalized spacial score (nSPS) is 25.2. The van der Waals surface area contributed by atoms with Crippen LogP contribution in [0.5, 0.6) is 0 Å². The maximum Gasteiger partial charge on any atom is 0.325 e. The molecule has 8 heteroatoms. The van der Waals surface area contributed by atoms with E-state index in [9.17, 15) is 14.4 Å². The molecule has 0 bridgehead atoms. The van der Waals surface area contributed by atoms with Crippen molar-refractivity contribution in [3.63, 3.8) is 0 Å². The van der Waals surface area contributed by atoms with Crippen LogP contribution in [0.1, 0.15) is 36.2 Å². The molecule has 0 spiro atoms. The van der Waals surface area contributed by atoms with Gasteiger partial charge in [0.2, 0.25) is 5.91 Å². The lowest BCUT2D eigenvalue weighted by atomic mass is 9.90. The van der Waals surface area contributed by atoms with E-state index in [-0.39, 0.29) is 36.0 Å². The van der Waals surface area contributed by atoms with Crippen molar-refractivity contribution in [2.45, 2.75) is 37.9 Å². The van der Waals surface area contributed by atoms with Crippen molar-refractivity contribution in [1.29, 1.82) is 0 Å². The number of hydrogen-bond donors (Lipinski definition) is 2. The van der Waals surface area contributed by atoms with E-state index in [2.05, 4.69) is 15.6 Å². The molecule has 3 aliphatic rings. The number of nitrogens with one attached hydrogen (secondary N) is 2. The topological polar surface area (TPSA) is 94.6 Å². The van der Waals surface area contributed by atoms with Crippen molar-refractivity contribution in [3.05, 3.63) is 42.2 Å². The summed E-state index contributed by atoms with van der Waals surface area (Å²) in [5.41, 5.74) is 0.453. The van der Waals surface area contributed by atoms with Crippen LogP contribution in [0.2, 0.25) is 0 Å². The summed E-state index contributed by atoms with van der Waals surface area (Å²) in [6.45, 7) is 1.81. The molecule has 3 fully saturated rings. The summed E-state index contributed by atoms with van der Waals surface area (Å²) in [7, 11) is 0. The first kappa shape index (κ1) is 19.0. The molecule has 8 nitrogen and oxygen atoms in total. The zero-order valence-corrected chi connectivity index (χ0v) is 16.7. The smallest absolute Gasteiger partial charge is 0.325 e. The van der Waals surface area contributed by atoms with E-state index < -0.39 is 0 Å². The second-order valence-electron chi connectivity index (χ2n) is 8.24. The number of urea groups is 1. The van der Waals surface area contributed by atoms with E-state index in [1.807, 2.05) is 30.3 Å². The molecule has 5 rings (SSSR count). The highest BCUT2D eigenvalue weighted by Crippen LogP contribution is 2.28. The number of carbonyl (C=O) groups is 3. The van der Waals surface area contributed by atoms with Gasteiger partial charge in [0, 0.05) is 30.7 Å². The second-order valence-corrected chi connectivity index (χ2v) is 8.24. The van der Waals surface area contributed by atoms with Crippen molar-refractivity contribution in [1.82, 2.24) is 25.4 Å². The van der Waals surface area contributed by atoms with Crippen LogP contribution in [-0.4, -0.2) is 64.5 Å². The van der Waals surface area contributed by atoms with E-state index >= 15 is 0 Å². The van der Waals surface area contributed by atoms with Crippen LogP contribution in [0.4, 0.5) is 4.79 Å². The highest BCUT2D eigenvalue weighted by atomic mass is 16.2. The molecule has 4 amide bonds. The summed E-state index contributed by atoms with van der Waals surface area (Å²) < 4.78 is 0. The van der Waals surface area contributed by atoms with Crippen molar-refractivity contribution in [2.75, 3.05) is 19.6 Å². The number of amides is 4. The predicted molar refractivity (Wildman–Crippen MR) is 111 cm³/mol. The van der Waals surface area contributed by atoms with Crippen molar-refractivity contribution in [2.24, 2.45) is 5.92 Å².